The third-order valence-corrected chi connectivity index (χ3v) is 6.05. The Kier molecular flexibility index (Phi) is 5.65. The first-order valence-corrected chi connectivity index (χ1v) is 9.48. The van der Waals surface area contributed by atoms with Crippen molar-refractivity contribution in [3.63, 3.8) is 0 Å². The quantitative estimate of drug-likeness (QED) is 0.476. The van der Waals surface area contributed by atoms with Gasteiger partial charge in [0, 0.05) is 39.6 Å². The van der Waals surface area contributed by atoms with E-state index in [1.807, 2.05) is 48.7 Å². The van der Waals surface area contributed by atoms with Gasteiger partial charge in [-0.05, 0) is 49.2 Å². The van der Waals surface area contributed by atoms with Crippen LogP contribution in [0, 0.1) is 0 Å². The average molecular weight is 364 g/mol. The molecule has 6 heteroatoms. The van der Waals surface area contributed by atoms with Gasteiger partial charge in [0.2, 0.25) is 0 Å². The summed E-state index contributed by atoms with van der Waals surface area (Å²) < 4.78 is 2.99. The van der Waals surface area contributed by atoms with Crippen molar-refractivity contribution in [3.05, 3.63) is 64.3 Å². The largest absolute Gasteiger partial charge is 0.399 e. The van der Waals surface area contributed by atoms with Crippen molar-refractivity contribution in [1.29, 1.82) is 0 Å². The summed E-state index contributed by atoms with van der Waals surface area (Å²) >= 11 is 9.58. The van der Waals surface area contributed by atoms with Crippen LogP contribution in [0.5, 0.6) is 0 Å². The maximum Gasteiger partial charge on any atom is 0.0946 e. The standard InChI is InChI=1S/C17H18ClN3S2/c18-17-8-7-15(23-17)5-6-16(11-21-10-9-20-12-21)22-14-3-1-13(19)2-4-14/h1-4,7-10,12,16H,5-6,11,19H2. The van der Waals surface area contributed by atoms with Gasteiger partial charge in [-0.15, -0.1) is 23.1 Å². The lowest BCUT2D eigenvalue weighted by Gasteiger charge is -2.17. The lowest BCUT2D eigenvalue weighted by atomic mass is 10.2. The summed E-state index contributed by atoms with van der Waals surface area (Å²) in [4.78, 5) is 6.72. The second-order valence-electron chi connectivity index (χ2n) is 5.31. The van der Waals surface area contributed by atoms with Gasteiger partial charge in [-0.1, -0.05) is 11.6 Å². The number of nitrogens with zero attached hydrogens (tertiary/aromatic N) is 2. The topological polar surface area (TPSA) is 43.8 Å². The van der Waals surface area contributed by atoms with E-state index < -0.39 is 0 Å². The molecule has 2 aromatic heterocycles. The molecule has 0 saturated heterocycles. The summed E-state index contributed by atoms with van der Waals surface area (Å²) in [6.07, 6.45) is 7.84. The molecule has 0 bridgehead atoms. The van der Waals surface area contributed by atoms with Gasteiger partial charge in [-0.2, -0.15) is 0 Å². The SMILES string of the molecule is Nc1ccc(SC(CCc2ccc(Cl)s2)Cn2ccnc2)cc1. The predicted molar refractivity (Wildman–Crippen MR) is 100 cm³/mol. The molecule has 0 fully saturated rings. The third kappa shape index (κ3) is 5.03. The van der Waals surface area contributed by atoms with Crippen LogP contribution in [0.2, 0.25) is 4.34 Å². The van der Waals surface area contributed by atoms with Gasteiger partial charge in [0.05, 0.1) is 10.7 Å². The maximum atomic E-state index is 6.02. The fourth-order valence-electron chi connectivity index (χ4n) is 2.35. The number of imidazole rings is 1. The molecule has 23 heavy (non-hydrogen) atoms. The second-order valence-corrected chi connectivity index (χ2v) is 8.49. The number of halogens is 1. The van der Waals surface area contributed by atoms with Crippen molar-refractivity contribution >= 4 is 40.4 Å². The van der Waals surface area contributed by atoms with Crippen molar-refractivity contribution in [3.8, 4) is 0 Å². The average Bonchev–Trinajstić information content (AvgIpc) is 3.19. The molecule has 1 unspecified atom stereocenters. The molecule has 0 amide bonds. The highest BCUT2D eigenvalue weighted by atomic mass is 35.5. The van der Waals surface area contributed by atoms with E-state index >= 15 is 0 Å². The summed E-state index contributed by atoms with van der Waals surface area (Å²) in [5.41, 5.74) is 6.57. The van der Waals surface area contributed by atoms with Gasteiger partial charge in [0.15, 0.2) is 0 Å². The van der Waals surface area contributed by atoms with Gasteiger partial charge in [-0.25, -0.2) is 4.98 Å². The van der Waals surface area contributed by atoms with Gasteiger partial charge in [-0.3, -0.25) is 0 Å². The van der Waals surface area contributed by atoms with Crippen LogP contribution in [0.4, 0.5) is 5.69 Å². The molecule has 3 nitrogen and oxygen atoms in total. The number of aryl methyl sites for hydroxylation is 1. The highest BCUT2D eigenvalue weighted by Gasteiger charge is 2.13. The molecular formula is C17H18ClN3S2. The Balaban J connectivity index is 1.66. The van der Waals surface area contributed by atoms with E-state index in [4.69, 9.17) is 17.3 Å². The Morgan fingerprint density at radius 2 is 2.04 bits per heavy atom. The number of benzene rings is 1. The van der Waals surface area contributed by atoms with E-state index in [2.05, 4.69) is 27.8 Å². The Hall–Kier alpha value is -1.43. The van der Waals surface area contributed by atoms with Crippen LogP contribution in [-0.2, 0) is 13.0 Å². The molecule has 1 aromatic carbocycles. The van der Waals surface area contributed by atoms with Crippen molar-refractivity contribution in [2.75, 3.05) is 5.73 Å². The van der Waals surface area contributed by atoms with E-state index in [0.29, 0.717) is 5.25 Å². The maximum absolute atomic E-state index is 6.02. The van der Waals surface area contributed by atoms with Crippen molar-refractivity contribution in [1.82, 2.24) is 9.55 Å². The molecule has 0 spiro atoms. The number of thioether (sulfide) groups is 1. The van der Waals surface area contributed by atoms with E-state index in [1.165, 1.54) is 9.77 Å². The first kappa shape index (κ1) is 16.4. The molecule has 3 aromatic rings. The molecular weight excluding hydrogens is 346 g/mol. The number of hydrogen-bond donors (Lipinski definition) is 1. The van der Waals surface area contributed by atoms with Crippen LogP contribution < -0.4 is 5.73 Å². The van der Waals surface area contributed by atoms with E-state index in [9.17, 15) is 0 Å². The van der Waals surface area contributed by atoms with Gasteiger partial charge < -0.3 is 10.3 Å². The van der Waals surface area contributed by atoms with Crippen LogP contribution >= 0.6 is 34.7 Å². The lowest BCUT2D eigenvalue weighted by molar-refractivity contribution is 0.626. The third-order valence-electron chi connectivity index (χ3n) is 3.50. The highest BCUT2D eigenvalue weighted by Crippen LogP contribution is 2.30. The van der Waals surface area contributed by atoms with Crippen LogP contribution in [-0.4, -0.2) is 14.8 Å². The summed E-state index contributed by atoms with van der Waals surface area (Å²) in [6, 6.07) is 12.2. The Labute approximate surface area is 149 Å². The van der Waals surface area contributed by atoms with E-state index in [1.54, 1.807) is 11.3 Å². The molecule has 2 N–H and O–H groups in total. The van der Waals surface area contributed by atoms with Gasteiger partial charge in [0.1, 0.15) is 0 Å². The molecule has 0 aliphatic rings. The van der Waals surface area contributed by atoms with Crippen molar-refractivity contribution in [2.24, 2.45) is 0 Å². The first-order valence-electron chi connectivity index (χ1n) is 7.41. The van der Waals surface area contributed by atoms with E-state index in [-0.39, 0.29) is 0 Å². The molecule has 120 valence electrons. The molecule has 0 aliphatic heterocycles. The first-order chi connectivity index (χ1) is 11.2. The predicted octanol–water partition coefficient (Wildman–Crippen LogP) is 4.97. The Morgan fingerprint density at radius 1 is 1.22 bits per heavy atom. The normalized spacial score (nSPS) is 12.4. The number of anilines is 1. The summed E-state index contributed by atoms with van der Waals surface area (Å²) in [5, 5.41) is 0.466. The lowest BCUT2D eigenvalue weighted by Crippen LogP contribution is -2.13. The van der Waals surface area contributed by atoms with Crippen LogP contribution in [0.15, 0.2) is 60.0 Å². The van der Waals surface area contributed by atoms with Gasteiger partial charge >= 0.3 is 0 Å². The minimum atomic E-state index is 0.466. The molecule has 3 rings (SSSR count). The minimum Gasteiger partial charge on any atom is -0.399 e. The van der Waals surface area contributed by atoms with Gasteiger partial charge in [0.25, 0.3) is 0 Å². The Morgan fingerprint density at radius 3 is 2.70 bits per heavy atom. The molecule has 0 radical (unpaired) electrons. The number of nitrogens with two attached hydrogens (primary N) is 1. The summed E-state index contributed by atoms with van der Waals surface area (Å²) in [7, 11) is 0. The van der Waals surface area contributed by atoms with Crippen molar-refractivity contribution < 1.29 is 0 Å². The number of hydrogen-bond acceptors (Lipinski definition) is 4. The number of rotatable bonds is 7. The van der Waals surface area contributed by atoms with Crippen LogP contribution in [0.3, 0.4) is 0 Å². The molecule has 1 atom stereocenters. The van der Waals surface area contributed by atoms with Crippen LogP contribution in [0.1, 0.15) is 11.3 Å². The minimum absolute atomic E-state index is 0.466. The number of aromatic nitrogens is 2. The second kappa shape index (κ2) is 7.90. The smallest absolute Gasteiger partial charge is 0.0946 e. The zero-order valence-electron chi connectivity index (χ0n) is 12.6. The monoisotopic (exact) mass is 363 g/mol. The molecule has 2 heterocycles. The fraction of sp³-hybridized carbons (Fsp3) is 0.235. The Bertz CT molecular complexity index is 723. The zero-order valence-corrected chi connectivity index (χ0v) is 14.9. The molecule has 0 saturated carbocycles. The van der Waals surface area contributed by atoms with Crippen molar-refractivity contribution in [2.45, 2.75) is 29.5 Å². The fourth-order valence-corrected chi connectivity index (χ4v) is 4.61. The number of thiophene rings is 1. The zero-order chi connectivity index (χ0) is 16.1. The van der Waals surface area contributed by atoms with E-state index in [0.717, 1.165) is 29.4 Å². The molecule has 0 aliphatic carbocycles. The summed E-state index contributed by atoms with van der Waals surface area (Å²) in [6.45, 7) is 0.939. The van der Waals surface area contributed by atoms with Crippen LogP contribution in [0.25, 0.3) is 0 Å². The number of nitrogen functional groups attached to an aromatic ring is 1. The highest BCUT2D eigenvalue weighted by molar-refractivity contribution is 8.00. The summed E-state index contributed by atoms with van der Waals surface area (Å²) in [5.74, 6) is 0.